The first kappa shape index (κ1) is 33.3. The Morgan fingerprint density at radius 2 is 0.515 bits per heavy atom. The quantitative estimate of drug-likeness (QED) is 0.116. The van der Waals surface area contributed by atoms with E-state index in [1.807, 2.05) is 0 Å². The molecule has 0 N–H and O–H groups in total. The van der Waals surface area contributed by atoms with Gasteiger partial charge in [0.15, 0.2) is 0 Å². The molecule has 6 heteroatoms. The number of fused-ring (bicyclic) bond motifs is 19. The fraction of sp³-hybridized carbons (Fsp3) is 0. The summed E-state index contributed by atoms with van der Waals surface area (Å²) in [5.41, 5.74) is 13.9. The van der Waals surface area contributed by atoms with E-state index in [-0.39, 0.29) is 0 Å². The van der Waals surface area contributed by atoms with Gasteiger partial charge in [0.2, 0.25) is 0 Å². The summed E-state index contributed by atoms with van der Waals surface area (Å²) in [6, 6.07) is 76.8. The van der Waals surface area contributed by atoms with Crippen molar-refractivity contribution in [2.45, 2.75) is 0 Å². The Balaban J connectivity index is 1.28. The zero-order valence-electron chi connectivity index (χ0n) is 35.2. The van der Waals surface area contributed by atoms with Gasteiger partial charge in [0, 0.05) is 0 Å². The Morgan fingerprint density at radius 1 is 0.212 bits per heavy atom. The molecule has 0 radical (unpaired) electrons. The van der Waals surface area contributed by atoms with Gasteiger partial charge in [-0.15, -0.1) is 0 Å². The Kier molecular flexibility index (Phi) is 5.53. The maximum atomic E-state index is 2.95. The summed E-state index contributed by atoms with van der Waals surface area (Å²) in [5, 5.41) is 20.8. The normalized spacial score (nSPS) is 14.7. The van der Waals surface area contributed by atoms with Gasteiger partial charge in [-0.1, -0.05) is 0 Å². The fourth-order valence-electron chi connectivity index (χ4n) is 13.3. The molecule has 0 fully saturated rings. The molecular formula is C60H33N5Se. The Hall–Kier alpha value is -8.28. The molecule has 1 spiro atoms. The molecule has 0 saturated heterocycles. The van der Waals surface area contributed by atoms with Crippen LogP contribution in [-0.4, -0.2) is 32.6 Å². The number of aromatic nitrogens is 5. The van der Waals surface area contributed by atoms with Crippen LogP contribution in [0.3, 0.4) is 0 Å². The van der Waals surface area contributed by atoms with E-state index in [2.05, 4.69) is 219 Å². The monoisotopic (exact) mass is 903 g/mol. The molecule has 0 unspecified atom stereocenters. The van der Waals surface area contributed by atoms with Gasteiger partial charge in [0.25, 0.3) is 0 Å². The minimum absolute atomic E-state index is 1.17. The number of para-hydroxylation sites is 5. The summed E-state index contributed by atoms with van der Waals surface area (Å²) in [7, 11) is 0. The van der Waals surface area contributed by atoms with Crippen molar-refractivity contribution in [3.8, 4) is 5.69 Å². The van der Waals surface area contributed by atoms with Crippen LogP contribution in [0.4, 0.5) is 0 Å². The van der Waals surface area contributed by atoms with E-state index >= 15 is 0 Å². The SMILES string of the molecule is c1ccc(-n2c3ccc4c5ccccc5n5c4c3c3c2ccc2c4ccccc4n(c23)[Se]52n3c4ccccc4c4ccc5c6ccccc6c6ccc7c8ccccc8n2c7c6c5c43)cc1. The summed E-state index contributed by atoms with van der Waals surface area (Å²) in [6.07, 6.45) is 0. The third kappa shape index (κ3) is 3.36. The molecule has 7 heterocycles. The molecule has 0 amide bonds. The van der Waals surface area contributed by atoms with Crippen molar-refractivity contribution in [1.82, 2.24) is 18.9 Å². The molecule has 0 bridgehead atoms. The van der Waals surface area contributed by atoms with E-state index in [4.69, 9.17) is 0 Å². The van der Waals surface area contributed by atoms with Crippen LogP contribution in [0.2, 0.25) is 0 Å². The summed E-state index contributed by atoms with van der Waals surface area (Å²) in [5.74, 6) is 0. The molecule has 18 rings (SSSR count). The van der Waals surface area contributed by atoms with Crippen LogP contribution in [-0.2, 0) is 0 Å². The second-order valence-electron chi connectivity index (χ2n) is 18.4. The van der Waals surface area contributed by atoms with Gasteiger partial charge >= 0.3 is 380 Å². The van der Waals surface area contributed by atoms with Gasteiger partial charge < -0.3 is 0 Å². The summed E-state index contributed by atoms with van der Waals surface area (Å²) in [4.78, 5) is 0. The summed E-state index contributed by atoms with van der Waals surface area (Å²) >= 11 is -4.24. The number of hydrogen-bond donors (Lipinski definition) is 0. The third-order valence-corrected chi connectivity index (χ3v) is 22.9. The minimum atomic E-state index is -4.24. The van der Waals surface area contributed by atoms with Crippen LogP contribution in [0.15, 0.2) is 200 Å². The Labute approximate surface area is 377 Å². The van der Waals surface area contributed by atoms with Gasteiger partial charge in [-0.3, -0.25) is 0 Å². The van der Waals surface area contributed by atoms with Gasteiger partial charge in [-0.05, 0) is 0 Å². The van der Waals surface area contributed by atoms with E-state index in [9.17, 15) is 0 Å². The van der Waals surface area contributed by atoms with Crippen molar-refractivity contribution in [1.29, 1.82) is 0 Å². The molecule has 0 atom stereocenters. The first-order valence-electron chi connectivity index (χ1n) is 22.9. The van der Waals surface area contributed by atoms with E-state index in [1.165, 1.54) is 147 Å². The standard InChI is InChI=1S/C60H33N5Se/c1-2-14-34(15-3-1)61-51-32-30-45-39-20-8-12-24-49(39)64-59(45)55(51)56-52(61)33-31-46-40-21-9-13-25-50(40)65(60(46)56)66(64)62-47-22-10-6-18-37(47)43-28-26-41-35-16-4-5-17-36(35)42-27-29-44-38-19-7-11-23-48(38)63(66)58(44)54(42)53(41)57(43)62/h1-33H. The van der Waals surface area contributed by atoms with Crippen molar-refractivity contribution >= 4 is 155 Å². The molecule has 5 nitrogen and oxygen atoms in total. The molecule has 16 aromatic rings. The molecule has 5 aromatic heterocycles. The van der Waals surface area contributed by atoms with E-state index in [1.54, 1.807) is 0 Å². The number of rotatable bonds is 1. The molecular weight excluding hydrogens is 870 g/mol. The van der Waals surface area contributed by atoms with Crippen molar-refractivity contribution in [2.24, 2.45) is 0 Å². The van der Waals surface area contributed by atoms with E-state index in [0.29, 0.717) is 0 Å². The van der Waals surface area contributed by atoms with E-state index < -0.39 is 13.7 Å². The molecule has 304 valence electrons. The van der Waals surface area contributed by atoms with Gasteiger partial charge in [-0.2, -0.15) is 0 Å². The molecule has 0 aliphatic carbocycles. The van der Waals surface area contributed by atoms with Crippen molar-refractivity contribution < 1.29 is 0 Å². The number of hydrogen-bond acceptors (Lipinski definition) is 0. The molecule has 11 aromatic carbocycles. The first-order valence-corrected chi connectivity index (χ1v) is 25.9. The average Bonchev–Trinajstić information content (AvgIpc) is 4.15. The number of benzene rings is 11. The zero-order chi connectivity index (χ0) is 42.3. The fourth-order valence-corrected chi connectivity index (χ4v) is 22.6. The Morgan fingerprint density at radius 3 is 0.909 bits per heavy atom. The van der Waals surface area contributed by atoms with Crippen LogP contribution >= 0.6 is 0 Å². The Bertz CT molecular complexity index is 4700. The van der Waals surface area contributed by atoms with Crippen LogP contribution in [0.25, 0.3) is 147 Å². The van der Waals surface area contributed by atoms with Gasteiger partial charge in [0.05, 0.1) is 0 Å². The molecule has 2 aliphatic rings. The van der Waals surface area contributed by atoms with Crippen molar-refractivity contribution in [2.75, 3.05) is 0 Å². The second kappa shape index (κ2) is 11.0. The topological polar surface area (TPSA) is 24.6 Å². The van der Waals surface area contributed by atoms with Crippen molar-refractivity contribution in [3.63, 3.8) is 0 Å². The van der Waals surface area contributed by atoms with Crippen LogP contribution in [0.5, 0.6) is 0 Å². The van der Waals surface area contributed by atoms with Crippen LogP contribution < -0.4 is 0 Å². The number of nitrogens with zero attached hydrogens (tertiary/aromatic N) is 5. The van der Waals surface area contributed by atoms with Gasteiger partial charge in [0.1, 0.15) is 0 Å². The van der Waals surface area contributed by atoms with Crippen molar-refractivity contribution in [3.05, 3.63) is 200 Å². The summed E-state index contributed by atoms with van der Waals surface area (Å²) < 4.78 is 14.3. The summed E-state index contributed by atoms with van der Waals surface area (Å²) in [6.45, 7) is 0. The van der Waals surface area contributed by atoms with Crippen LogP contribution in [0, 0.1) is 0 Å². The van der Waals surface area contributed by atoms with Gasteiger partial charge in [-0.25, -0.2) is 0 Å². The predicted octanol–water partition coefficient (Wildman–Crippen LogP) is 15.2. The third-order valence-electron chi connectivity index (χ3n) is 15.6. The average molecular weight is 903 g/mol. The van der Waals surface area contributed by atoms with Crippen LogP contribution in [0.1, 0.15) is 0 Å². The first-order chi connectivity index (χ1) is 32.8. The van der Waals surface area contributed by atoms with E-state index in [0.717, 1.165) is 0 Å². The molecule has 0 saturated carbocycles. The zero-order valence-corrected chi connectivity index (χ0v) is 36.9. The molecule has 66 heavy (non-hydrogen) atoms. The second-order valence-corrected chi connectivity index (χ2v) is 23.6. The predicted molar refractivity (Wildman–Crippen MR) is 279 cm³/mol. The molecule has 2 aliphatic heterocycles. The maximum absolute atomic E-state index is 4.24.